The van der Waals surface area contributed by atoms with E-state index in [-0.39, 0.29) is 11.7 Å². The zero-order valence-electron chi connectivity index (χ0n) is 14.1. The Kier molecular flexibility index (Phi) is 7.21. The van der Waals surface area contributed by atoms with E-state index in [1.54, 1.807) is 23.9 Å². The molecule has 0 fully saturated rings. The van der Waals surface area contributed by atoms with Gasteiger partial charge < -0.3 is 15.0 Å². The Bertz CT molecular complexity index is 696. The summed E-state index contributed by atoms with van der Waals surface area (Å²) in [5.41, 5.74) is 1.75. The maximum absolute atomic E-state index is 12.2. The Labute approximate surface area is 150 Å². The first-order valence-electron chi connectivity index (χ1n) is 7.76. The van der Waals surface area contributed by atoms with Gasteiger partial charge in [0, 0.05) is 10.5 Å². The minimum atomic E-state index is -2.83. The van der Waals surface area contributed by atoms with Gasteiger partial charge in [-0.05, 0) is 42.7 Å². The van der Waals surface area contributed by atoms with Crippen LogP contribution in [0.4, 0.5) is 14.5 Å². The fourth-order valence-corrected chi connectivity index (χ4v) is 2.97. The second-order valence-corrected chi connectivity index (χ2v) is 6.43. The van der Waals surface area contributed by atoms with Crippen LogP contribution in [0.1, 0.15) is 5.56 Å². The van der Waals surface area contributed by atoms with Gasteiger partial charge in [-0.2, -0.15) is 8.78 Å². The van der Waals surface area contributed by atoms with E-state index in [9.17, 15) is 13.6 Å². The third kappa shape index (κ3) is 6.36. The van der Waals surface area contributed by atoms with E-state index < -0.39 is 6.61 Å². The number of halogens is 2. The van der Waals surface area contributed by atoms with E-state index >= 15 is 0 Å². The number of carbonyl (C=O) groups is 1. The van der Waals surface area contributed by atoms with Gasteiger partial charge in [0.15, 0.2) is 6.54 Å². The summed E-state index contributed by atoms with van der Waals surface area (Å²) >= 11 is 1.58. The highest BCUT2D eigenvalue weighted by molar-refractivity contribution is 7.98. The van der Waals surface area contributed by atoms with Crippen molar-refractivity contribution in [3.05, 3.63) is 54.1 Å². The van der Waals surface area contributed by atoms with Crippen molar-refractivity contribution in [2.24, 2.45) is 0 Å². The Hall–Kier alpha value is -2.12. The Balaban J connectivity index is 1.86. The van der Waals surface area contributed by atoms with E-state index in [1.165, 1.54) is 12.1 Å². The molecular formula is C18H21F2N2O2S+. The number of thioether (sulfide) groups is 1. The molecule has 4 nitrogen and oxygen atoms in total. The summed E-state index contributed by atoms with van der Waals surface area (Å²) in [5, 5.41) is 2.92. The summed E-state index contributed by atoms with van der Waals surface area (Å²) in [7, 11) is 1.91. The number of alkyl halides is 2. The summed E-state index contributed by atoms with van der Waals surface area (Å²) in [6.45, 7) is -1.92. The standard InChI is InChI=1S/C18H20F2N2O2S/c1-22(11-13-7-9-14(10-8-13)24-18(19)20)12-17(23)21-15-5-3-4-6-16(15)25-2/h3-10,18H,11-12H2,1-2H3,(H,21,23)/p+1. The molecule has 0 spiro atoms. The van der Waals surface area contributed by atoms with Crippen LogP contribution in [0.5, 0.6) is 5.75 Å². The molecule has 2 N–H and O–H groups in total. The second kappa shape index (κ2) is 9.39. The van der Waals surface area contributed by atoms with Crippen LogP contribution < -0.4 is 15.0 Å². The molecule has 25 heavy (non-hydrogen) atoms. The van der Waals surface area contributed by atoms with Crippen LogP contribution in [0, 0.1) is 0 Å². The second-order valence-electron chi connectivity index (χ2n) is 5.58. The molecule has 1 atom stereocenters. The predicted molar refractivity (Wildman–Crippen MR) is 95.4 cm³/mol. The largest absolute Gasteiger partial charge is 0.435 e. The van der Waals surface area contributed by atoms with Crippen molar-refractivity contribution in [2.75, 3.05) is 25.2 Å². The lowest BCUT2D eigenvalue weighted by molar-refractivity contribution is -0.885. The van der Waals surface area contributed by atoms with E-state index in [0.29, 0.717) is 13.1 Å². The highest BCUT2D eigenvalue weighted by Crippen LogP contribution is 2.24. The Morgan fingerprint density at radius 3 is 2.52 bits per heavy atom. The monoisotopic (exact) mass is 367 g/mol. The number of nitrogens with one attached hydrogen (secondary N) is 2. The number of anilines is 1. The minimum absolute atomic E-state index is 0.0725. The number of amides is 1. The summed E-state index contributed by atoms with van der Waals surface area (Å²) < 4.78 is 28.6. The molecule has 1 unspecified atom stereocenters. The van der Waals surface area contributed by atoms with Gasteiger partial charge in [-0.1, -0.05) is 12.1 Å². The molecule has 7 heteroatoms. The highest BCUT2D eigenvalue weighted by Gasteiger charge is 2.13. The molecular weight excluding hydrogens is 346 g/mol. The van der Waals surface area contributed by atoms with Crippen LogP contribution in [-0.4, -0.2) is 32.4 Å². The number of likely N-dealkylation sites (N-methyl/N-ethyl adjacent to an activating group) is 1. The Morgan fingerprint density at radius 1 is 1.20 bits per heavy atom. The third-order valence-corrected chi connectivity index (χ3v) is 4.29. The van der Waals surface area contributed by atoms with Gasteiger partial charge in [0.1, 0.15) is 12.3 Å². The maximum Gasteiger partial charge on any atom is 0.387 e. The first kappa shape index (κ1) is 19.2. The third-order valence-electron chi connectivity index (χ3n) is 3.50. The van der Waals surface area contributed by atoms with Crippen LogP contribution in [0.2, 0.25) is 0 Å². The number of rotatable bonds is 8. The molecule has 0 aliphatic rings. The van der Waals surface area contributed by atoms with E-state index in [0.717, 1.165) is 21.0 Å². The first-order valence-corrected chi connectivity index (χ1v) is 8.98. The fraction of sp³-hybridized carbons (Fsp3) is 0.278. The quantitative estimate of drug-likeness (QED) is 0.705. The van der Waals surface area contributed by atoms with Crippen LogP contribution in [0.3, 0.4) is 0 Å². The summed E-state index contributed by atoms with van der Waals surface area (Å²) in [5.74, 6) is 0.0551. The molecule has 0 aliphatic heterocycles. The van der Waals surface area contributed by atoms with Gasteiger partial charge in [0.2, 0.25) is 0 Å². The molecule has 0 heterocycles. The molecule has 0 saturated carbocycles. The highest BCUT2D eigenvalue weighted by atomic mass is 32.2. The normalized spacial score (nSPS) is 12.0. The molecule has 0 bridgehead atoms. The van der Waals surface area contributed by atoms with Crippen molar-refractivity contribution in [1.82, 2.24) is 0 Å². The van der Waals surface area contributed by atoms with Gasteiger partial charge in [-0.25, -0.2) is 0 Å². The van der Waals surface area contributed by atoms with Gasteiger partial charge in [0.25, 0.3) is 5.91 Å². The van der Waals surface area contributed by atoms with Crippen LogP contribution in [-0.2, 0) is 11.3 Å². The smallest absolute Gasteiger partial charge is 0.387 e. The van der Waals surface area contributed by atoms with Gasteiger partial charge in [0.05, 0.1) is 12.7 Å². The minimum Gasteiger partial charge on any atom is -0.435 e. The maximum atomic E-state index is 12.2. The van der Waals surface area contributed by atoms with Crippen LogP contribution in [0.25, 0.3) is 0 Å². The van der Waals surface area contributed by atoms with Crippen LogP contribution in [0.15, 0.2) is 53.4 Å². The van der Waals surface area contributed by atoms with Crippen molar-refractivity contribution in [2.45, 2.75) is 18.1 Å². The summed E-state index contributed by atoms with van der Waals surface area (Å²) in [6, 6.07) is 14.1. The average Bonchev–Trinajstić information content (AvgIpc) is 2.56. The topological polar surface area (TPSA) is 42.8 Å². The van der Waals surface area contributed by atoms with Crippen molar-refractivity contribution in [1.29, 1.82) is 0 Å². The zero-order valence-corrected chi connectivity index (χ0v) is 14.9. The number of quaternary nitrogens is 1. The number of para-hydroxylation sites is 1. The Morgan fingerprint density at radius 2 is 1.88 bits per heavy atom. The molecule has 0 saturated heterocycles. The average molecular weight is 367 g/mol. The molecule has 1 amide bonds. The van der Waals surface area contributed by atoms with E-state index in [4.69, 9.17) is 0 Å². The molecule has 0 aliphatic carbocycles. The first-order chi connectivity index (χ1) is 12.0. The SMILES string of the molecule is CSc1ccccc1NC(=O)C[NH+](C)Cc1ccc(OC(F)F)cc1. The van der Waals surface area contributed by atoms with Crippen LogP contribution >= 0.6 is 11.8 Å². The zero-order chi connectivity index (χ0) is 18.2. The molecule has 134 valence electrons. The lowest BCUT2D eigenvalue weighted by atomic mass is 10.2. The van der Waals surface area contributed by atoms with Crippen molar-refractivity contribution < 1.29 is 23.2 Å². The summed E-state index contributed by atoms with van der Waals surface area (Å²) in [6.07, 6.45) is 1.96. The number of ether oxygens (including phenoxy) is 1. The van der Waals surface area contributed by atoms with Crippen molar-refractivity contribution in [3.63, 3.8) is 0 Å². The number of carbonyl (C=O) groups excluding carboxylic acids is 1. The van der Waals surface area contributed by atoms with Crippen molar-refractivity contribution in [3.8, 4) is 5.75 Å². The summed E-state index contributed by atoms with van der Waals surface area (Å²) in [4.78, 5) is 14.2. The molecule has 0 radical (unpaired) electrons. The van der Waals surface area contributed by atoms with E-state index in [1.807, 2.05) is 37.6 Å². The van der Waals surface area contributed by atoms with Crippen molar-refractivity contribution >= 4 is 23.4 Å². The number of hydrogen-bond donors (Lipinski definition) is 2. The lowest BCUT2D eigenvalue weighted by Gasteiger charge is -2.15. The van der Waals surface area contributed by atoms with Gasteiger partial charge >= 0.3 is 6.61 Å². The number of hydrogen-bond acceptors (Lipinski definition) is 3. The molecule has 2 aromatic carbocycles. The van der Waals surface area contributed by atoms with Gasteiger partial charge in [-0.3, -0.25) is 4.79 Å². The molecule has 2 rings (SSSR count). The lowest BCUT2D eigenvalue weighted by Crippen LogP contribution is -3.08. The van der Waals surface area contributed by atoms with E-state index in [2.05, 4.69) is 10.1 Å². The van der Waals surface area contributed by atoms with Gasteiger partial charge in [-0.15, -0.1) is 11.8 Å². The molecule has 2 aromatic rings. The molecule has 0 aromatic heterocycles. The fourth-order valence-electron chi connectivity index (χ4n) is 2.42. The number of benzene rings is 2. The predicted octanol–water partition coefficient (Wildman–Crippen LogP) is 2.66.